The van der Waals surface area contributed by atoms with Crippen LogP contribution in [0.2, 0.25) is 5.02 Å². The lowest BCUT2D eigenvalue weighted by Gasteiger charge is -2.27. The number of fused-ring (bicyclic) bond motifs is 1. The Labute approximate surface area is 142 Å². The Morgan fingerprint density at radius 1 is 1.43 bits per heavy atom. The minimum atomic E-state index is 0.329. The predicted molar refractivity (Wildman–Crippen MR) is 94.2 cm³/mol. The summed E-state index contributed by atoms with van der Waals surface area (Å²) in [6.45, 7) is 2.22. The van der Waals surface area contributed by atoms with Gasteiger partial charge < -0.3 is 5.73 Å². The van der Waals surface area contributed by atoms with Crippen LogP contribution in [-0.4, -0.2) is 4.98 Å². The van der Waals surface area contributed by atoms with E-state index in [1.54, 1.807) is 0 Å². The van der Waals surface area contributed by atoms with Crippen molar-refractivity contribution < 1.29 is 0 Å². The van der Waals surface area contributed by atoms with Crippen molar-refractivity contribution in [3.8, 4) is 17.2 Å². The SMILES string of the molecule is CCCC1CCc2nc(N)c(C#N)c(-c3cccc(Cl)c3)c2C1. The van der Waals surface area contributed by atoms with Crippen molar-refractivity contribution in [3.63, 3.8) is 0 Å². The molecule has 0 amide bonds. The zero-order chi connectivity index (χ0) is 16.4. The van der Waals surface area contributed by atoms with Crippen molar-refractivity contribution in [2.45, 2.75) is 39.0 Å². The minimum Gasteiger partial charge on any atom is -0.383 e. The van der Waals surface area contributed by atoms with E-state index in [1.165, 1.54) is 18.4 Å². The average molecular weight is 326 g/mol. The predicted octanol–water partition coefficient (Wildman–Crippen LogP) is 4.76. The fourth-order valence-corrected chi connectivity index (χ4v) is 3.77. The summed E-state index contributed by atoms with van der Waals surface area (Å²) in [6, 6.07) is 9.90. The maximum absolute atomic E-state index is 9.60. The van der Waals surface area contributed by atoms with Crippen LogP contribution in [0.1, 0.15) is 43.0 Å². The number of halogens is 1. The average Bonchev–Trinajstić information content (AvgIpc) is 2.54. The van der Waals surface area contributed by atoms with Gasteiger partial charge in [-0.3, -0.25) is 0 Å². The van der Waals surface area contributed by atoms with Gasteiger partial charge >= 0.3 is 0 Å². The summed E-state index contributed by atoms with van der Waals surface area (Å²) in [6.07, 6.45) is 5.44. The van der Waals surface area contributed by atoms with Crippen molar-refractivity contribution in [1.29, 1.82) is 5.26 Å². The number of rotatable bonds is 3. The quantitative estimate of drug-likeness (QED) is 0.884. The molecule has 1 aliphatic carbocycles. The molecule has 0 saturated heterocycles. The van der Waals surface area contributed by atoms with Gasteiger partial charge in [0.15, 0.2) is 0 Å². The molecule has 23 heavy (non-hydrogen) atoms. The van der Waals surface area contributed by atoms with Crippen LogP contribution in [-0.2, 0) is 12.8 Å². The molecule has 0 radical (unpaired) electrons. The Morgan fingerprint density at radius 2 is 2.26 bits per heavy atom. The van der Waals surface area contributed by atoms with Gasteiger partial charge in [-0.1, -0.05) is 43.5 Å². The van der Waals surface area contributed by atoms with Crippen LogP contribution >= 0.6 is 11.6 Å². The van der Waals surface area contributed by atoms with Crippen LogP contribution in [0.5, 0.6) is 0 Å². The molecule has 2 N–H and O–H groups in total. The molecule has 1 aromatic carbocycles. The molecular formula is C19H20ClN3. The van der Waals surface area contributed by atoms with E-state index >= 15 is 0 Å². The van der Waals surface area contributed by atoms with Crippen LogP contribution in [0.25, 0.3) is 11.1 Å². The monoisotopic (exact) mass is 325 g/mol. The van der Waals surface area contributed by atoms with Crippen LogP contribution < -0.4 is 5.73 Å². The fourth-order valence-electron chi connectivity index (χ4n) is 3.58. The number of anilines is 1. The van der Waals surface area contributed by atoms with Gasteiger partial charge in [0.2, 0.25) is 0 Å². The maximum Gasteiger partial charge on any atom is 0.142 e. The second-order valence-electron chi connectivity index (χ2n) is 6.19. The van der Waals surface area contributed by atoms with E-state index in [-0.39, 0.29) is 0 Å². The number of nitrogens with two attached hydrogens (primary N) is 1. The lowest BCUT2D eigenvalue weighted by molar-refractivity contribution is 0.419. The van der Waals surface area contributed by atoms with Gasteiger partial charge in [0, 0.05) is 16.3 Å². The highest BCUT2D eigenvalue weighted by atomic mass is 35.5. The lowest BCUT2D eigenvalue weighted by atomic mass is 9.79. The van der Waals surface area contributed by atoms with E-state index in [4.69, 9.17) is 17.3 Å². The molecule has 3 rings (SSSR count). The third kappa shape index (κ3) is 3.04. The molecule has 0 bridgehead atoms. The number of benzene rings is 1. The summed E-state index contributed by atoms with van der Waals surface area (Å²) in [5.41, 5.74) is 10.6. The zero-order valence-corrected chi connectivity index (χ0v) is 14.0. The number of aryl methyl sites for hydroxylation is 1. The number of aromatic nitrogens is 1. The van der Waals surface area contributed by atoms with Gasteiger partial charge in [0.05, 0.1) is 0 Å². The highest BCUT2D eigenvalue weighted by Gasteiger charge is 2.26. The van der Waals surface area contributed by atoms with Crippen LogP contribution in [0.15, 0.2) is 24.3 Å². The molecule has 0 fully saturated rings. The smallest absolute Gasteiger partial charge is 0.142 e. The topological polar surface area (TPSA) is 62.7 Å². The Morgan fingerprint density at radius 3 is 2.96 bits per heavy atom. The standard InChI is InChI=1S/C19H20ClN3/c1-2-4-12-7-8-17-15(9-12)18(16(11-21)19(22)23-17)13-5-3-6-14(20)10-13/h3,5-6,10,12H,2,4,7-9H2,1H3,(H2,22,23). The molecule has 1 unspecified atom stereocenters. The van der Waals surface area contributed by atoms with Gasteiger partial charge in [0.25, 0.3) is 0 Å². The highest BCUT2D eigenvalue weighted by Crippen LogP contribution is 2.38. The number of nitriles is 1. The second-order valence-corrected chi connectivity index (χ2v) is 6.63. The Bertz CT molecular complexity index is 777. The number of hydrogen-bond acceptors (Lipinski definition) is 3. The molecule has 4 heteroatoms. The van der Waals surface area contributed by atoms with E-state index < -0.39 is 0 Å². The first-order chi connectivity index (χ1) is 11.1. The van der Waals surface area contributed by atoms with Crippen LogP contribution in [0.3, 0.4) is 0 Å². The van der Waals surface area contributed by atoms with Gasteiger partial charge in [-0.05, 0) is 48.4 Å². The lowest BCUT2D eigenvalue weighted by Crippen LogP contribution is -2.18. The molecule has 1 heterocycles. The Hall–Kier alpha value is -2.05. The minimum absolute atomic E-state index is 0.329. The highest BCUT2D eigenvalue weighted by molar-refractivity contribution is 6.30. The van der Waals surface area contributed by atoms with Gasteiger partial charge in [-0.15, -0.1) is 0 Å². The summed E-state index contributed by atoms with van der Waals surface area (Å²) in [5, 5.41) is 10.3. The van der Waals surface area contributed by atoms with Crippen LogP contribution in [0, 0.1) is 17.2 Å². The van der Waals surface area contributed by atoms with Crippen molar-refractivity contribution in [3.05, 3.63) is 46.1 Å². The second kappa shape index (κ2) is 6.60. The van der Waals surface area contributed by atoms with E-state index in [2.05, 4.69) is 18.0 Å². The molecular weight excluding hydrogens is 306 g/mol. The Balaban J connectivity index is 2.20. The first-order valence-electron chi connectivity index (χ1n) is 8.11. The summed E-state index contributed by atoms with van der Waals surface area (Å²) in [4.78, 5) is 4.51. The molecule has 1 aromatic heterocycles. The van der Waals surface area contributed by atoms with E-state index in [1.807, 2.05) is 24.3 Å². The van der Waals surface area contributed by atoms with E-state index in [0.29, 0.717) is 22.3 Å². The Kier molecular flexibility index (Phi) is 4.54. The number of hydrogen-bond donors (Lipinski definition) is 1. The summed E-state index contributed by atoms with van der Waals surface area (Å²) in [5.74, 6) is 0.984. The molecule has 1 aliphatic rings. The van der Waals surface area contributed by atoms with E-state index in [0.717, 1.165) is 36.1 Å². The van der Waals surface area contributed by atoms with Crippen molar-refractivity contribution >= 4 is 17.4 Å². The molecule has 1 atom stereocenters. The molecule has 0 saturated carbocycles. The third-order valence-corrected chi connectivity index (χ3v) is 4.85. The first-order valence-corrected chi connectivity index (χ1v) is 8.49. The van der Waals surface area contributed by atoms with Crippen LogP contribution in [0.4, 0.5) is 5.82 Å². The summed E-state index contributed by atoms with van der Waals surface area (Å²) in [7, 11) is 0. The molecule has 2 aromatic rings. The third-order valence-electron chi connectivity index (χ3n) is 4.62. The van der Waals surface area contributed by atoms with Gasteiger partial charge in [0.1, 0.15) is 17.5 Å². The first kappa shape index (κ1) is 15.8. The number of nitrogen functional groups attached to an aromatic ring is 1. The van der Waals surface area contributed by atoms with Crippen molar-refractivity contribution in [2.75, 3.05) is 5.73 Å². The number of pyridine rings is 1. The normalized spacial score (nSPS) is 16.7. The molecule has 118 valence electrons. The zero-order valence-electron chi connectivity index (χ0n) is 13.3. The van der Waals surface area contributed by atoms with Crippen molar-refractivity contribution in [2.24, 2.45) is 5.92 Å². The maximum atomic E-state index is 9.60. The fraction of sp³-hybridized carbons (Fsp3) is 0.368. The largest absolute Gasteiger partial charge is 0.383 e. The molecule has 3 nitrogen and oxygen atoms in total. The number of nitrogens with zero attached hydrogens (tertiary/aromatic N) is 2. The summed E-state index contributed by atoms with van der Waals surface area (Å²) < 4.78 is 0. The van der Waals surface area contributed by atoms with Crippen molar-refractivity contribution in [1.82, 2.24) is 4.98 Å². The van der Waals surface area contributed by atoms with Gasteiger partial charge in [-0.2, -0.15) is 5.26 Å². The van der Waals surface area contributed by atoms with E-state index in [9.17, 15) is 5.26 Å². The summed E-state index contributed by atoms with van der Waals surface area (Å²) >= 11 is 6.16. The van der Waals surface area contributed by atoms with Gasteiger partial charge in [-0.25, -0.2) is 4.98 Å². The molecule has 0 aliphatic heterocycles. The molecule has 0 spiro atoms.